The van der Waals surface area contributed by atoms with Crippen LogP contribution in [-0.4, -0.2) is 29.9 Å². The molecule has 0 aliphatic carbocycles. The highest BCUT2D eigenvalue weighted by Gasteiger charge is 2.22. The number of carbonyl (C=O) groups excluding carboxylic acids is 3. The first-order chi connectivity index (χ1) is 14.5. The van der Waals surface area contributed by atoms with Crippen LogP contribution in [0.15, 0.2) is 78.9 Å². The second kappa shape index (κ2) is 9.38. The molecule has 7 heteroatoms. The van der Waals surface area contributed by atoms with Gasteiger partial charge in [-0.3, -0.25) is 14.4 Å². The van der Waals surface area contributed by atoms with Crippen LogP contribution in [0.1, 0.15) is 36.6 Å². The molecule has 0 fully saturated rings. The van der Waals surface area contributed by atoms with Crippen LogP contribution < -0.4 is 15.6 Å². The second-order valence-corrected chi connectivity index (χ2v) is 6.49. The Kier molecular flexibility index (Phi) is 6.44. The van der Waals surface area contributed by atoms with Gasteiger partial charge in [-0.05, 0) is 49.4 Å². The largest absolute Gasteiger partial charge is 0.497 e. The van der Waals surface area contributed by atoms with Gasteiger partial charge in [-0.2, -0.15) is 5.12 Å². The second-order valence-electron chi connectivity index (χ2n) is 6.49. The zero-order chi connectivity index (χ0) is 21.5. The van der Waals surface area contributed by atoms with Crippen LogP contribution in [0.5, 0.6) is 5.75 Å². The lowest BCUT2D eigenvalue weighted by molar-refractivity contribution is 0.0418. The Hall–Kier alpha value is -4.13. The third-order valence-corrected chi connectivity index (χ3v) is 4.30. The highest BCUT2D eigenvalue weighted by molar-refractivity contribution is 6.01. The van der Waals surface area contributed by atoms with Crippen LogP contribution in [0, 0.1) is 6.92 Å². The maximum Gasteiger partial charge on any atom is 0.291 e. The summed E-state index contributed by atoms with van der Waals surface area (Å²) in [6, 6.07) is 21.6. The van der Waals surface area contributed by atoms with E-state index in [1.807, 2.05) is 6.92 Å². The molecule has 3 aromatic rings. The predicted octanol–water partition coefficient (Wildman–Crippen LogP) is 3.14. The molecule has 0 saturated carbocycles. The number of rotatable bonds is 4. The standard InChI is InChI=1S/C23H21N3O4/c1-16-11-13-18(14-12-16)23(29)26(24-21(27)17-7-4-3-5-8-17)25-22(28)19-9-6-10-20(15-19)30-2/h3-15H,1-2H3,(H,24,27)(H,25,28). The average molecular weight is 403 g/mol. The number of hydrazine groups is 2. The van der Waals surface area contributed by atoms with Gasteiger partial charge >= 0.3 is 0 Å². The molecular weight excluding hydrogens is 382 g/mol. The smallest absolute Gasteiger partial charge is 0.291 e. The lowest BCUT2D eigenvalue weighted by Crippen LogP contribution is -2.56. The number of amides is 3. The molecule has 0 atom stereocenters. The first-order valence-electron chi connectivity index (χ1n) is 9.20. The van der Waals surface area contributed by atoms with Crippen molar-refractivity contribution >= 4 is 17.7 Å². The molecule has 0 radical (unpaired) electrons. The summed E-state index contributed by atoms with van der Waals surface area (Å²) in [6.45, 7) is 1.90. The predicted molar refractivity (Wildman–Crippen MR) is 112 cm³/mol. The highest BCUT2D eigenvalue weighted by Crippen LogP contribution is 2.13. The van der Waals surface area contributed by atoms with Gasteiger partial charge in [-0.15, -0.1) is 0 Å². The van der Waals surface area contributed by atoms with Gasteiger partial charge in [0.1, 0.15) is 5.75 Å². The van der Waals surface area contributed by atoms with Crippen molar-refractivity contribution in [3.05, 3.63) is 101 Å². The Labute approximate surface area is 174 Å². The lowest BCUT2D eigenvalue weighted by atomic mass is 10.1. The molecule has 30 heavy (non-hydrogen) atoms. The summed E-state index contributed by atoms with van der Waals surface area (Å²) in [5.74, 6) is -1.22. The SMILES string of the molecule is COc1cccc(C(=O)NN(NC(=O)c2ccccc2)C(=O)c2ccc(C)cc2)c1. The molecule has 3 rings (SSSR count). The van der Waals surface area contributed by atoms with Gasteiger partial charge in [0, 0.05) is 16.7 Å². The normalized spacial score (nSPS) is 10.1. The van der Waals surface area contributed by atoms with Crippen molar-refractivity contribution < 1.29 is 19.1 Å². The van der Waals surface area contributed by atoms with E-state index in [1.54, 1.807) is 72.8 Å². The van der Waals surface area contributed by atoms with Crippen LogP contribution >= 0.6 is 0 Å². The summed E-state index contributed by atoms with van der Waals surface area (Å²) in [4.78, 5) is 38.3. The summed E-state index contributed by atoms with van der Waals surface area (Å²) in [6.07, 6.45) is 0. The van der Waals surface area contributed by atoms with Crippen LogP contribution in [0.2, 0.25) is 0 Å². The van der Waals surface area contributed by atoms with E-state index in [1.165, 1.54) is 13.2 Å². The number of carbonyl (C=O) groups is 3. The van der Waals surface area contributed by atoms with E-state index < -0.39 is 17.7 Å². The fraction of sp³-hybridized carbons (Fsp3) is 0.0870. The van der Waals surface area contributed by atoms with Gasteiger partial charge in [0.2, 0.25) is 0 Å². The maximum absolute atomic E-state index is 13.0. The van der Waals surface area contributed by atoms with Crippen molar-refractivity contribution in [2.45, 2.75) is 6.92 Å². The zero-order valence-corrected chi connectivity index (χ0v) is 16.6. The Balaban J connectivity index is 1.86. The van der Waals surface area contributed by atoms with E-state index in [9.17, 15) is 14.4 Å². The van der Waals surface area contributed by atoms with Crippen molar-refractivity contribution in [2.24, 2.45) is 0 Å². The monoisotopic (exact) mass is 403 g/mol. The van der Waals surface area contributed by atoms with Gasteiger partial charge < -0.3 is 4.74 Å². The fourth-order valence-corrected chi connectivity index (χ4v) is 2.64. The molecule has 0 bridgehead atoms. The summed E-state index contributed by atoms with van der Waals surface area (Å²) >= 11 is 0. The Morgan fingerprint density at radius 1 is 0.733 bits per heavy atom. The number of hydrogen-bond donors (Lipinski definition) is 2. The van der Waals surface area contributed by atoms with Gasteiger partial charge in [0.05, 0.1) is 7.11 Å². The van der Waals surface area contributed by atoms with Crippen molar-refractivity contribution in [3.8, 4) is 5.75 Å². The van der Waals surface area contributed by atoms with Crippen molar-refractivity contribution in [2.75, 3.05) is 7.11 Å². The first-order valence-corrected chi connectivity index (χ1v) is 9.20. The number of benzene rings is 3. The summed E-state index contributed by atoms with van der Waals surface area (Å²) in [7, 11) is 1.49. The quantitative estimate of drug-likeness (QED) is 0.655. The average Bonchev–Trinajstić information content (AvgIpc) is 2.79. The molecule has 0 heterocycles. The summed E-state index contributed by atoms with van der Waals surface area (Å²) in [5, 5.41) is 0.793. The maximum atomic E-state index is 13.0. The molecule has 152 valence electrons. The molecule has 7 nitrogen and oxygen atoms in total. The summed E-state index contributed by atoms with van der Waals surface area (Å²) < 4.78 is 5.13. The zero-order valence-electron chi connectivity index (χ0n) is 16.6. The molecular formula is C23H21N3O4. The Morgan fingerprint density at radius 3 is 1.97 bits per heavy atom. The molecule has 0 unspecified atom stereocenters. The van der Waals surface area contributed by atoms with Gasteiger partial charge in [0.15, 0.2) is 0 Å². The number of aryl methyl sites for hydroxylation is 1. The van der Waals surface area contributed by atoms with E-state index >= 15 is 0 Å². The molecule has 3 amide bonds. The van der Waals surface area contributed by atoms with Crippen molar-refractivity contribution in [3.63, 3.8) is 0 Å². The number of hydrogen-bond acceptors (Lipinski definition) is 4. The van der Waals surface area contributed by atoms with Crippen molar-refractivity contribution in [1.82, 2.24) is 16.0 Å². The fourth-order valence-electron chi connectivity index (χ4n) is 2.64. The molecule has 0 spiro atoms. The van der Waals surface area contributed by atoms with Gasteiger partial charge in [-0.1, -0.05) is 42.0 Å². The van der Waals surface area contributed by atoms with E-state index in [0.29, 0.717) is 16.9 Å². The Bertz CT molecular complexity index is 1050. The Morgan fingerprint density at radius 2 is 1.33 bits per heavy atom. The number of methoxy groups -OCH3 is 1. The molecule has 0 aromatic heterocycles. The van der Waals surface area contributed by atoms with Gasteiger partial charge in [-0.25, -0.2) is 10.9 Å². The molecule has 2 N–H and O–H groups in total. The molecule has 3 aromatic carbocycles. The minimum absolute atomic E-state index is 0.269. The highest BCUT2D eigenvalue weighted by atomic mass is 16.5. The molecule has 0 saturated heterocycles. The number of ether oxygens (including phenoxy) is 1. The minimum atomic E-state index is -0.587. The van der Waals surface area contributed by atoms with Crippen LogP contribution in [0.3, 0.4) is 0 Å². The number of nitrogens with one attached hydrogen (secondary N) is 2. The number of nitrogens with zero attached hydrogens (tertiary/aromatic N) is 1. The molecule has 0 aliphatic heterocycles. The van der Waals surface area contributed by atoms with Gasteiger partial charge in [0.25, 0.3) is 17.7 Å². The topological polar surface area (TPSA) is 87.7 Å². The molecule has 0 aliphatic rings. The van der Waals surface area contributed by atoms with Crippen LogP contribution in [0.4, 0.5) is 0 Å². The summed E-state index contributed by atoms with van der Waals surface area (Å²) in [5.41, 5.74) is 6.81. The van der Waals surface area contributed by atoms with Crippen LogP contribution in [-0.2, 0) is 0 Å². The third-order valence-electron chi connectivity index (χ3n) is 4.30. The van der Waals surface area contributed by atoms with E-state index in [4.69, 9.17) is 4.74 Å². The third kappa shape index (κ3) is 5.02. The minimum Gasteiger partial charge on any atom is -0.497 e. The van der Waals surface area contributed by atoms with E-state index in [-0.39, 0.29) is 5.56 Å². The van der Waals surface area contributed by atoms with E-state index in [0.717, 1.165) is 10.7 Å². The lowest BCUT2D eigenvalue weighted by Gasteiger charge is -2.24. The van der Waals surface area contributed by atoms with E-state index in [2.05, 4.69) is 10.9 Å². The first kappa shape index (κ1) is 20.6. The van der Waals surface area contributed by atoms with Crippen LogP contribution in [0.25, 0.3) is 0 Å². The van der Waals surface area contributed by atoms with Crippen molar-refractivity contribution in [1.29, 1.82) is 0 Å².